The van der Waals surface area contributed by atoms with Gasteiger partial charge in [-0.1, -0.05) is 30.6 Å². The fraction of sp³-hybridized carbons (Fsp3) is 0.304. The first-order valence-corrected chi connectivity index (χ1v) is 15.1. The number of nitro groups is 1. The van der Waals surface area contributed by atoms with Crippen LogP contribution in [0.25, 0.3) is 0 Å². The van der Waals surface area contributed by atoms with E-state index in [0.717, 1.165) is 73.9 Å². The van der Waals surface area contributed by atoms with Gasteiger partial charge in [0.1, 0.15) is 4.21 Å². The Kier molecular flexibility index (Phi) is 7.73. The van der Waals surface area contributed by atoms with Gasteiger partial charge in [-0.2, -0.15) is 4.31 Å². The molecule has 1 fully saturated rings. The van der Waals surface area contributed by atoms with Crippen LogP contribution in [0, 0.1) is 10.1 Å². The smallest absolute Gasteiger partial charge is 0.269 e. The standard InChI is InChI=1S/C23H24N4O7S3/c1-26(17-5-3-2-4-6-17)37(33,34)20-11-7-16(8-12-20)22(28)25-23-24-15-21(35-23)36(31,32)19-13-9-18(10-14-19)27(29)30/h7-15,17H,2-6H2,1H3,(H,24,25,28). The summed E-state index contributed by atoms with van der Waals surface area (Å²) in [5.41, 5.74) is -0.0649. The molecule has 1 saturated carbocycles. The van der Waals surface area contributed by atoms with Crippen molar-refractivity contribution < 1.29 is 26.6 Å². The van der Waals surface area contributed by atoms with E-state index in [1.54, 1.807) is 7.05 Å². The number of rotatable bonds is 8. The summed E-state index contributed by atoms with van der Waals surface area (Å²) >= 11 is 0.728. The number of sulfone groups is 1. The average Bonchev–Trinajstić information content (AvgIpc) is 3.38. The van der Waals surface area contributed by atoms with Crippen LogP contribution in [0.4, 0.5) is 10.8 Å². The monoisotopic (exact) mass is 564 g/mol. The lowest BCUT2D eigenvalue weighted by Crippen LogP contribution is -2.38. The molecule has 196 valence electrons. The zero-order valence-electron chi connectivity index (χ0n) is 19.7. The Labute approximate surface area is 218 Å². The summed E-state index contributed by atoms with van der Waals surface area (Å²) in [7, 11) is -6.11. The highest BCUT2D eigenvalue weighted by atomic mass is 32.2. The van der Waals surface area contributed by atoms with Gasteiger partial charge in [0.15, 0.2) is 5.13 Å². The second-order valence-electron chi connectivity index (χ2n) is 8.53. The molecule has 37 heavy (non-hydrogen) atoms. The predicted octanol–water partition coefficient (Wildman–Crippen LogP) is 4.09. The highest BCUT2D eigenvalue weighted by Gasteiger charge is 2.29. The fourth-order valence-electron chi connectivity index (χ4n) is 4.06. The summed E-state index contributed by atoms with van der Waals surface area (Å²) in [6.45, 7) is 0. The number of anilines is 1. The molecule has 1 aliphatic rings. The number of carbonyl (C=O) groups excluding carboxylic acids is 1. The molecule has 4 rings (SSSR count). The van der Waals surface area contributed by atoms with Gasteiger partial charge in [0.05, 0.1) is 20.9 Å². The Bertz CT molecular complexity index is 1510. The molecule has 1 aliphatic carbocycles. The number of hydrogen-bond acceptors (Lipinski definition) is 9. The molecule has 0 unspecified atom stereocenters. The van der Waals surface area contributed by atoms with Crippen LogP contribution in [-0.2, 0) is 19.9 Å². The minimum Gasteiger partial charge on any atom is -0.298 e. The first kappa shape index (κ1) is 26.9. The predicted molar refractivity (Wildman–Crippen MR) is 137 cm³/mol. The van der Waals surface area contributed by atoms with Crippen molar-refractivity contribution in [3.63, 3.8) is 0 Å². The van der Waals surface area contributed by atoms with E-state index in [9.17, 15) is 31.7 Å². The van der Waals surface area contributed by atoms with Crippen LogP contribution in [0.3, 0.4) is 0 Å². The van der Waals surface area contributed by atoms with E-state index in [4.69, 9.17) is 0 Å². The van der Waals surface area contributed by atoms with Crippen molar-refractivity contribution >= 4 is 47.9 Å². The largest absolute Gasteiger partial charge is 0.298 e. The van der Waals surface area contributed by atoms with Gasteiger partial charge in [0.2, 0.25) is 19.9 Å². The highest BCUT2D eigenvalue weighted by molar-refractivity contribution is 7.93. The molecule has 0 aliphatic heterocycles. The van der Waals surface area contributed by atoms with E-state index in [1.807, 2.05) is 0 Å². The number of carbonyl (C=O) groups is 1. The molecule has 0 radical (unpaired) electrons. The van der Waals surface area contributed by atoms with Crippen molar-refractivity contribution in [2.75, 3.05) is 12.4 Å². The minimum absolute atomic E-state index is 0.0271. The van der Waals surface area contributed by atoms with Crippen molar-refractivity contribution in [3.05, 3.63) is 70.4 Å². The number of nitro benzene ring substituents is 1. The number of nitrogens with one attached hydrogen (secondary N) is 1. The molecule has 1 heterocycles. The van der Waals surface area contributed by atoms with Crippen LogP contribution in [-0.4, -0.2) is 50.0 Å². The summed E-state index contributed by atoms with van der Waals surface area (Å²) in [5.74, 6) is -0.585. The Morgan fingerprint density at radius 2 is 1.59 bits per heavy atom. The van der Waals surface area contributed by atoms with Crippen LogP contribution in [0.5, 0.6) is 0 Å². The summed E-state index contributed by atoms with van der Waals surface area (Å²) in [5, 5.41) is 13.3. The lowest BCUT2D eigenvalue weighted by molar-refractivity contribution is -0.384. The van der Waals surface area contributed by atoms with E-state index in [0.29, 0.717) is 0 Å². The Morgan fingerprint density at radius 3 is 2.19 bits per heavy atom. The fourth-order valence-corrected chi connectivity index (χ4v) is 7.90. The van der Waals surface area contributed by atoms with Crippen LogP contribution < -0.4 is 5.32 Å². The number of benzene rings is 2. The lowest BCUT2D eigenvalue weighted by Gasteiger charge is -2.30. The van der Waals surface area contributed by atoms with E-state index in [-0.39, 0.29) is 36.4 Å². The molecule has 1 N–H and O–H groups in total. The second kappa shape index (κ2) is 10.7. The quantitative estimate of drug-likeness (QED) is 0.317. The second-order valence-corrected chi connectivity index (χ2v) is 13.7. The molecule has 14 heteroatoms. The third-order valence-electron chi connectivity index (χ3n) is 6.21. The van der Waals surface area contributed by atoms with Gasteiger partial charge < -0.3 is 0 Å². The number of non-ortho nitro benzene ring substituents is 1. The Morgan fingerprint density at radius 1 is 1.00 bits per heavy atom. The summed E-state index contributed by atoms with van der Waals surface area (Å²) in [6, 6.07) is 9.92. The SMILES string of the molecule is CN(C1CCCCC1)S(=O)(=O)c1ccc(C(=O)Nc2ncc(S(=O)(=O)c3ccc([N+](=O)[O-])cc3)s2)cc1. The maximum atomic E-state index is 13.0. The Hall–Kier alpha value is -3.20. The van der Waals surface area contributed by atoms with E-state index >= 15 is 0 Å². The molecular weight excluding hydrogens is 540 g/mol. The number of thiazole rings is 1. The lowest BCUT2D eigenvalue weighted by atomic mass is 9.96. The number of hydrogen-bond donors (Lipinski definition) is 1. The summed E-state index contributed by atoms with van der Waals surface area (Å²) < 4.78 is 52.9. The van der Waals surface area contributed by atoms with Gasteiger partial charge in [-0.15, -0.1) is 0 Å². The number of sulfonamides is 1. The van der Waals surface area contributed by atoms with Crippen molar-refractivity contribution in [2.45, 2.75) is 52.1 Å². The van der Waals surface area contributed by atoms with Gasteiger partial charge in [-0.25, -0.2) is 21.8 Å². The van der Waals surface area contributed by atoms with E-state index < -0.39 is 30.7 Å². The van der Waals surface area contributed by atoms with Gasteiger partial charge in [0.25, 0.3) is 11.6 Å². The molecule has 1 amide bonds. The number of amides is 1. The zero-order valence-corrected chi connectivity index (χ0v) is 22.2. The van der Waals surface area contributed by atoms with Crippen LogP contribution in [0.15, 0.2) is 68.7 Å². The van der Waals surface area contributed by atoms with Crippen LogP contribution in [0.1, 0.15) is 42.5 Å². The van der Waals surface area contributed by atoms with Crippen molar-refractivity contribution in [1.82, 2.24) is 9.29 Å². The molecular formula is C23H24N4O7S3. The molecule has 3 aromatic rings. The normalized spacial score (nSPS) is 15.0. The molecule has 0 saturated heterocycles. The number of aromatic nitrogens is 1. The summed E-state index contributed by atoms with van der Waals surface area (Å²) in [4.78, 5) is 26.7. The number of nitrogens with zero attached hydrogens (tertiary/aromatic N) is 3. The van der Waals surface area contributed by atoms with Crippen LogP contribution in [0.2, 0.25) is 0 Å². The van der Waals surface area contributed by atoms with Crippen LogP contribution >= 0.6 is 11.3 Å². The molecule has 0 spiro atoms. The van der Waals surface area contributed by atoms with Gasteiger partial charge in [-0.05, 0) is 49.2 Å². The maximum Gasteiger partial charge on any atom is 0.269 e. The van der Waals surface area contributed by atoms with E-state index in [1.165, 1.54) is 28.6 Å². The third-order valence-corrected chi connectivity index (χ3v) is 11.3. The first-order chi connectivity index (χ1) is 17.5. The third kappa shape index (κ3) is 5.71. The van der Waals surface area contributed by atoms with Gasteiger partial charge >= 0.3 is 0 Å². The van der Waals surface area contributed by atoms with Crippen molar-refractivity contribution in [3.8, 4) is 0 Å². The maximum absolute atomic E-state index is 13.0. The van der Waals surface area contributed by atoms with Crippen molar-refractivity contribution in [1.29, 1.82) is 0 Å². The molecule has 0 bridgehead atoms. The highest BCUT2D eigenvalue weighted by Crippen LogP contribution is 2.30. The van der Waals surface area contributed by atoms with Gasteiger partial charge in [0, 0.05) is 30.8 Å². The topological polar surface area (TPSA) is 157 Å². The first-order valence-electron chi connectivity index (χ1n) is 11.3. The zero-order chi connectivity index (χ0) is 26.8. The molecule has 1 aromatic heterocycles. The summed E-state index contributed by atoms with van der Waals surface area (Å²) in [6.07, 6.45) is 5.85. The van der Waals surface area contributed by atoms with E-state index in [2.05, 4.69) is 10.3 Å². The molecule has 2 aromatic carbocycles. The van der Waals surface area contributed by atoms with Crippen molar-refractivity contribution in [2.24, 2.45) is 0 Å². The molecule has 11 nitrogen and oxygen atoms in total. The Balaban J connectivity index is 1.45. The molecule has 0 atom stereocenters. The van der Waals surface area contributed by atoms with Gasteiger partial charge in [-0.3, -0.25) is 20.2 Å². The average molecular weight is 565 g/mol. The minimum atomic E-state index is -3.99.